The smallest absolute Gasteiger partial charge is 0.142 e. The topological polar surface area (TPSA) is 37.8 Å². The van der Waals surface area contributed by atoms with Crippen LogP contribution in [0.5, 0.6) is 0 Å². The molecule has 0 bridgehead atoms. The summed E-state index contributed by atoms with van der Waals surface area (Å²) < 4.78 is 0. The van der Waals surface area contributed by atoms with E-state index in [1.807, 2.05) is 12.1 Å². The molecule has 0 unspecified atom stereocenters. The predicted molar refractivity (Wildman–Crippen MR) is 81.7 cm³/mol. The van der Waals surface area contributed by atoms with Gasteiger partial charge in [-0.1, -0.05) is 32.4 Å². The molecule has 0 aliphatic rings. The molecule has 5 heteroatoms. The van der Waals surface area contributed by atoms with Crippen molar-refractivity contribution in [3.8, 4) is 10.7 Å². The van der Waals surface area contributed by atoms with Crippen molar-refractivity contribution in [3.05, 3.63) is 33.9 Å². The second-order valence-corrected chi connectivity index (χ2v) is 6.16. The molecule has 0 aromatic carbocycles. The Kier molecular flexibility index (Phi) is 4.91. The van der Waals surface area contributed by atoms with E-state index in [0.29, 0.717) is 11.1 Å². The van der Waals surface area contributed by atoms with Gasteiger partial charge in [0.2, 0.25) is 0 Å². The van der Waals surface area contributed by atoms with E-state index in [-0.39, 0.29) is 0 Å². The summed E-state index contributed by atoms with van der Waals surface area (Å²) in [6, 6.07) is 4.24. The number of rotatable bonds is 5. The first kappa shape index (κ1) is 14.4. The molecule has 2 rings (SSSR count). The number of nitrogens with one attached hydrogen (secondary N) is 1. The minimum absolute atomic E-state index is 0.476. The van der Waals surface area contributed by atoms with E-state index in [9.17, 15) is 0 Å². The van der Waals surface area contributed by atoms with Crippen LogP contribution in [0.2, 0.25) is 5.02 Å². The van der Waals surface area contributed by atoms with Crippen LogP contribution >= 0.6 is 22.9 Å². The van der Waals surface area contributed by atoms with Gasteiger partial charge >= 0.3 is 0 Å². The summed E-state index contributed by atoms with van der Waals surface area (Å²) in [7, 11) is 0. The van der Waals surface area contributed by atoms with E-state index < -0.39 is 0 Å². The van der Waals surface area contributed by atoms with Gasteiger partial charge in [0, 0.05) is 23.7 Å². The van der Waals surface area contributed by atoms with Crippen LogP contribution in [0.1, 0.15) is 31.3 Å². The van der Waals surface area contributed by atoms with Crippen molar-refractivity contribution < 1.29 is 0 Å². The van der Waals surface area contributed by atoms with Crippen LogP contribution in [0.3, 0.4) is 0 Å². The fourth-order valence-electron chi connectivity index (χ4n) is 1.71. The number of aromatic nitrogens is 2. The highest BCUT2D eigenvalue weighted by Gasteiger charge is 2.12. The highest BCUT2D eigenvalue weighted by Crippen LogP contribution is 2.27. The lowest BCUT2D eigenvalue weighted by Gasteiger charge is -2.06. The van der Waals surface area contributed by atoms with E-state index >= 15 is 0 Å². The summed E-state index contributed by atoms with van der Waals surface area (Å²) >= 11 is 7.56. The number of halogens is 1. The maximum absolute atomic E-state index is 5.86. The average Bonchev–Trinajstić information content (AvgIpc) is 2.80. The molecule has 0 saturated heterocycles. The van der Waals surface area contributed by atoms with Gasteiger partial charge in [0.15, 0.2) is 0 Å². The molecule has 0 aliphatic heterocycles. The first-order valence-electron chi connectivity index (χ1n) is 6.44. The molecule has 0 spiro atoms. The monoisotopic (exact) mass is 295 g/mol. The van der Waals surface area contributed by atoms with Crippen molar-refractivity contribution in [3.63, 3.8) is 0 Å². The molecule has 2 aromatic heterocycles. The molecule has 19 heavy (non-hydrogen) atoms. The van der Waals surface area contributed by atoms with Crippen LogP contribution < -0.4 is 5.32 Å². The lowest BCUT2D eigenvalue weighted by Crippen LogP contribution is -2.21. The number of nitrogens with zero attached hydrogens (tertiary/aromatic N) is 2. The molecule has 2 aromatic rings. The Balaban J connectivity index is 2.25. The highest BCUT2D eigenvalue weighted by molar-refractivity contribution is 7.15. The second-order valence-electron chi connectivity index (χ2n) is 4.64. The highest BCUT2D eigenvalue weighted by atomic mass is 35.5. The minimum Gasteiger partial charge on any atom is -0.310 e. The first-order valence-corrected chi connectivity index (χ1v) is 7.63. The summed E-state index contributed by atoms with van der Waals surface area (Å²) in [5.41, 5.74) is 2.05. The van der Waals surface area contributed by atoms with Crippen molar-refractivity contribution in [1.29, 1.82) is 0 Å². The number of pyridine rings is 1. The minimum atomic E-state index is 0.476. The lowest BCUT2D eigenvalue weighted by atomic mass is 10.3. The maximum Gasteiger partial charge on any atom is 0.142 e. The van der Waals surface area contributed by atoms with Crippen LogP contribution in [-0.2, 0) is 13.0 Å². The quantitative estimate of drug-likeness (QED) is 0.908. The first-order chi connectivity index (χ1) is 9.10. The van der Waals surface area contributed by atoms with Crippen molar-refractivity contribution in [2.24, 2.45) is 0 Å². The Labute approximate surface area is 123 Å². The van der Waals surface area contributed by atoms with Crippen molar-refractivity contribution >= 4 is 22.9 Å². The van der Waals surface area contributed by atoms with E-state index in [1.54, 1.807) is 17.5 Å². The summed E-state index contributed by atoms with van der Waals surface area (Å²) in [6.45, 7) is 7.29. The molecule has 3 nitrogen and oxygen atoms in total. The number of aryl methyl sites for hydroxylation is 1. The van der Waals surface area contributed by atoms with Crippen molar-refractivity contribution in [1.82, 2.24) is 15.3 Å². The Morgan fingerprint density at radius 1 is 1.37 bits per heavy atom. The van der Waals surface area contributed by atoms with E-state index in [0.717, 1.165) is 29.4 Å². The molecule has 0 fully saturated rings. The van der Waals surface area contributed by atoms with Gasteiger partial charge in [0.1, 0.15) is 5.01 Å². The summed E-state index contributed by atoms with van der Waals surface area (Å²) in [5.74, 6) is 0. The third-order valence-electron chi connectivity index (χ3n) is 2.73. The van der Waals surface area contributed by atoms with Gasteiger partial charge in [-0.3, -0.25) is 4.98 Å². The van der Waals surface area contributed by atoms with Gasteiger partial charge in [-0.25, -0.2) is 4.98 Å². The number of hydrogen-bond acceptors (Lipinski definition) is 4. The van der Waals surface area contributed by atoms with E-state index in [1.165, 1.54) is 4.88 Å². The molecule has 0 atom stereocenters. The van der Waals surface area contributed by atoms with Crippen LogP contribution in [0.4, 0.5) is 0 Å². The molecular weight excluding hydrogens is 278 g/mol. The molecule has 1 N–H and O–H groups in total. The van der Waals surface area contributed by atoms with Crippen LogP contribution in [0.25, 0.3) is 10.7 Å². The molecule has 102 valence electrons. The zero-order chi connectivity index (χ0) is 13.8. The number of thiazole rings is 1. The van der Waals surface area contributed by atoms with Crippen molar-refractivity contribution in [2.75, 3.05) is 0 Å². The van der Waals surface area contributed by atoms with Crippen LogP contribution in [-0.4, -0.2) is 16.0 Å². The zero-order valence-corrected chi connectivity index (χ0v) is 13.0. The van der Waals surface area contributed by atoms with Crippen molar-refractivity contribution in [2.45, 2.75) is 39.8 Å². The van der Waals surface area contributed by atoms with Gasteiger partial charge in [-0.05, 0) is 18.6 Å². The molecule has 0 saturated carbocycles. The maximum atomic E-state index is 5.86. The Morgan fingerprint density at radius 2 is 2.16 bits per heavy atom. The Hall–Kier alpha value is -0.970. The van der Waals surface area contributed by atoms with Gasteiger partial charge < -0.3 is 5.32 Å². The Morgan fingerprint density at radius 3 is 2.74 bits per heavy atom. The second kappa shape index (κ2) is 6.46. The fourth-order valence-corrected chi connectivity index (χ4v) is 2.90. The number of hydrogen-bond donors (Lipinski definition) is 1. The van der Waals surface area contributed by atoms with E-state index in [4.69, 9.17) is 11.6 Å². The van der Waals surface area contributed by atoms with Gasteiger partial charge in [0.05, 0.1) is 16.4 Å². The summed E-state index contributed by atoms with van der Waals surface area (Å²) in [5, 5.41) is 5.06. The van der Waals surface area contributed by atoms with Crippen LogP contribution in [0.15, 0.2) is 18.3 Å². The molecule has 2 heterocycles. The SMILES string of the molecule is CCc1nc(-c2ccc(Cl)cn2)sc1CNC(C)C. The van der Waals surface area contributed by atoms with Gasteiger partial charge in [-0.2, -0.15) is 0 Å². The summed E-state index contributed by atoms with van der Waals surface area (Å²) in [4.78, 5) is 10.3. The molecule has 0 aliphatic carbocycles. The van der Waals surface area contributed by atoms with Gasteiger partial charge in [-0.15, -0.1) is 11.3 Å². The third kappa shape index (κ3) is 3.75. The zero-order valence-electron chi connectivity index (χ0n) is 11.4. The lowest BCUT2D eigenvalue weighted by molar-refractivity contribution is 0.590. The van der Waals surface area contributed by atoms with Gasteiger partial charge in [0.25, 0.3) is 0 Å². The average molecular weight is 296 g/mol. The van der Waals surface area contributed by atoms with Crippen LogP contribution in [0, 0.1) is 0 Å². The van der Waals surface area contributed by atoms with E-state index in [2.05, 4.69) is 36.1 Å². The predicted octanol–water partition coefficient (Wildman–Crippen LogP) is 3.92. The largest absolute Gasteiger partial charge is 0.310 e. The standard InChI is InChI=1S/C14H18ClN3S/c1-4-11-13(8-16-9(2)3)19-14(18-11)12-6-5-10(15)7-17-12/h5-7,9,16H,4,8H2,1-3H3. The molecule has 0 radical (unpaired) electrons. The third-order valence-corrected chi connectivity index (χ3v) is 4.07. The fraction of sp³-hybridized carbons (Fsp3) is 0.429. The Bertz CT molecular complexity index is 534. The molecule has 0 amide bonds. The molecular formula is C14H18ClN3S. The normalized spacial score (nSPS) is 11.2. The summed E-state index contributed by atoms with van der Waals surface area (Å²) in [6.07, 6.45) is 2.61.